The van der Waals surface area contributed by atoms with E-state index in [0.717, 1.165) is 5.56 Å². The minimum atomic E-state index is 0.0277. The lowest BCUT2D eigenvalue weighted by atomic mass is 9.98. The molecule has 0 spiro atoms. The fourth-order valence-corrected chi connectivity index (χ4v) is 2.88. The Morgan fingerprint density at radius 1 is 1.39 bits per heavy atom. The molecule has 2 unspecified atom stereocenters. The third kappa shape index (κ3) is 3.16. The molecule has 1 saturated carbocycles. The lowest BCUT2D eigenvalue weighted by molar-refractivity contribution is 0.0511. The molecule has 1 aliphatic rings. The predicted octanol–water partition coefficient (Wildman–Crippen LogP) is 2.79. The van der Waals surface area contributed by atoms with Gasteiger partial charge in [-0.2, -0.15) is 0 Å². The molecule has 0 heterocycles. The van der Waals surface area contributed by atoms with Gasteiger partial charge in [0.1, 0.15) is 0 Å². The molecule has 0 aromatic heterocycles. The summed E-state index contributed by atoms with van der Waals surface area (Å²) >= 11 is 12.4. The largest absolute Gasteiger partial charge is 0.379 e. The van der Waals surface area contributed by atoms with E-state index in [0.29, 0.717) is 22.4 Å². The van der Waals surface area contributed by atoms with Gasteiger partial charge in [0, 0.05) is 17.2 Å². The fourth-order valence-electron chi connectivity index (χ4n) is 2.33. The first-order valence-electron chi connectivity index (χ1n) is 6.09. The lowest BCUT2D eigenvalue weighted by Crippen LogP contribution is -2.47. The predicted molar refractivity (Wildman–Crippen MR) is 74.8 cm³/mol. The number of hydrogen-bond acceptors (Lipinski definition) is 3. The average molecular weight is 289 g/mol. The maximum Gasteiger partial charge on any atom is 0.0769 e. The van der Waals surface area contributed by atoms with Crippen LogP contribution >= 0.6 is 23.2 Å². The van der Waals surface area contributed by atoms with E-state index >= 15 is 0 Å². The summed E-state index contributed by atoms with van der Waals surface area (Å²) in [4.78, 5) is 0. The zero-order valence-electron chi connectivity index (χ0n) is 10.3. The fraction of sp³-hybridized carbons (Fsp3) is 0.538. The highest BCUT2D eigenvalue weighted by Gasteiger charge is 2.36. The van der Waals surface area contributed by atoms with Gasteiger partial charge in [0.05, 0.1) is 12.1 Å². The van der Waals surface area contributed by atoms with Crippen LogP contribution < -0.4 is 11.3 Å². The SMILES string of the molecule is COC(C1CC1)C(Cc1c(Cl)cccc1Cl)NN. The van der Waals surface area contributed by atoms with Crippen LogP contribution in [0.15, 0.2) is 18.2 Å². The first-order valence-corrected chi connectivity index (χ1v) is 6.84. The molecule has 18 heavy (non-hydrogen) atoms. The molecule has 0 saturated heterocycles. The van der Waals surface area contributed by atoms with Crippen LogP contribution in [0.25, 0.3) is 0 Å². The molecule has 1 aromatic rings. The van der Waals surface area contributed by atoms with E-state index in [4.69, 9.17) is 33.8 Å². The van der Waals surface area contributed by atoms with Crippen molar-refractivity contribution >= 4 is 23.2 Å². The topological polar surface area (TPSA) is 47.3 Å². The Balaban J connectivity index is 2.14. The number of nitrogens with two attached hydrogens (primary N) is 1. The Hall–Kier alpha value is -0.320. The minimum Gasteiger partial charge on any atom is -0.379 e. The summed E-state index contributed by atoms with van der Waals surface area (Å²) in [5.41, 5.74) is 3.76. The summed E-state index contributed by atoms with van der Waals surface area (Å²) < 4.78 is 5.55. The van der Waals surface area contributed by atoms with Gasteiger partial charge in [-0.25, -0.2) is 0 Å². The van der Waals surface area contributed by atoms with Crippen molar-refractivity contribution in [2.24, 2.45) is 11.8 Å². The van der Waals surface area contributed by atoms with Crippen molar-refractivity contribution in [3.05, 3.63) is 33.8 Å². The van der Waals surface area contributed by atoms with Gasteiger partial charge in [-0.1, -0.05) is 29.3 Å². The molecule has 3 nitrogen and oxygen atoms in total. The summed E-state index contributed by atoms with van der Waals surface area (Å²) in [7, 11) is 1.72. The van der Waals surface area contributed by atoms with Crippen LogP contribution in [-0.4, -0.2) is 19.3 Å². The molecule has 0 amide bonds. The van der Waals surface area contributed by atoms with Gasteiger partial charge in [0.15, 0.2) is 0 Å². The number of ether oxygens (including phenoxy) is 1. The first-order chi connectivity index (χ1) is 8.67. The van der Waals surface area contributed by atoms with Crippen molar-refractivity contribution in [1.29, 1.82) is 0 Å². The highest BCUT2D eigenvalue weighted by molar-refractivity contribution is 6.36. The molecule has 1 fully saturated rings. The van der Waals surface area contributed by atoms with Crippen LogP contribution in [-0.2, 0) is 11.2 Å². The smallest absolute Gasteiger partial charge is 0.0769 e. The molecule has 3 N–H and O–H groups in total. The lowest BCUT2D eigenvalue weighted by Gasteiger charge is -2.26. The number of rotatable bonds is 6. The van der Waals surface area contributed by atoms with Crippen LogP contribution in [0.5, 0.6) is 0 Å². The molecule has 1 aliphatic carbocycles. The third-order valence-electron chi connectivity index (χ3n) is 3.46. The molecular weight excluding hydrogens is 271 g/mol. The van der Waals surface area contributed by atoms with Crippen molar-refractivity contribution in [1.82, 2.24) is 5.43 Å². The number of methoxy groups -OCH3 is 1. The molecule has 0 aliphatic heterocycles. The Kier molecular flexibility index (Phi) is 4.87. The highest BCUT2D eigenvalue weighted by Crippen LogP contribution is 2.37. The second-order valence-corrected chi connectivity index (χ2v) is 5.53. The van der Waals surface area contributed by atoms with Gasteiger partial charge in [-0.3, -0.25) is 11.3 Å². The Labute approximate surface area is 118 Å². The summed E-state index contributed by atoms with van der Waals surface area (Å²) in [6, 6.07) is 5.55. The molecule has 0 bridgehead atoms. The van der Waals surface area contributed by atoms with Crippen molar-refractivity contribution < 1.29 is 4.74 Å². The Morgan fingerprint density at radius 2 is 2.00 bits per heavy atom. The quantitative estimate of drug-likeness (QED) is 0.625. The van der Waals surface area contributed by atoms with E-state index in [1.807, 2.05) is 18.2 Å². The van der Waals surface area contributed by atoms with Crippen molar-refractivity contribution in [3.8, 4) is 0 Å². The van der Waals surface area contributed by atoms with Crippen LogP contribution in [0.2, 0.25) is 10.0 Å². The van der Waals surface area contributed by atoms with Gasteiger partial charge in [-0.05, 0) is 42.9 Å². The highest BCUT2D eigenvalue weighted by atomic mass is 35.5. The van der Waals surface area contributed by atoms with E-state index in [1.54, 1.807) is 7.11 Å². The van der Waals surface area contributed by atoms with Crippen molar-refractivity contribution in [3.63, 3.8) is 0 Å². The first kappa shape index (κ1) is 14.1. The number of hydrogen-bond donors (Lipinski definition) is 2. The molecule has 0 radical (unpaired) electrons. The molecule has 2 rings (SSSR count). The van der Waals surface area contributed by atoms with Gasteiger partial charge in [-0.15, -0.1) is 0 Å². The number of hydrazine groups is 1. The Bertz CT molecular complexity index is 390. The average Bonchev–Trinajstić information content (AvgIpc) is 3.17. The normalized spacial score (nSPS) is 18.7. The minimum absolute atomic E-state index is 0.0277. The van der Waals surface area contributed by atoms with Gasteiger partial charge in [0.25, 0.3) is 0 Å². The van der Waals surface area contributed by atoms with Crippen LogP contribution in [0.1, 0.15) is 18.4 Å². The van der Waals surface area contributed by atoms with Crippen molar-refractivity contribution in [2.45, 2.75) is 31.4 Å². The maximum atomic E-state index is 6.18. The summed E-state index contributed by atoms with van der Waals surface area (Å²) in [5, 5.41) is 1.35. The summed E-state index contributed by atoms with van der Waals surface area (Å²) in [5.74, 6) is 6.24. The second kappa shape index (κ2) is 6.22. The molecule has 5 heteroatoms. The Morgan fingerprint density at radius 3 is 2.44 bits per heavy atom. The molecular formula is C13H18Cl2N2O. The zero-order valence-corrected chi connectivity index (χ0v) is 11.8. The van der Waals surface area contributed by atoms with Crippen LogP contribution in [0.3, 0.4) is 0 Å². The van der Waals surface area contributed by atoms with Gasteiger partial charge < -0.3 is 4.74 Å². The number of nitrogens with one attached hydrogen (secondary N) is 1. The second-order valence-electron chi connectivity index (χ2n) is 4.72. The third-order valence-corrected chi connectivity index (χ3v) is 4.16. The standard InChI is InChI=1S/C13H18Cl2N2O/c1-18-13(8-5-6-8)12(17-16)7-9-10(14)3-2-4-11(9)15/h2-4,8,12-13,17H,5-7,16H2,1H3. The molecule has 100 valence electrons. The van der Waals surface area contributed by atoms with Gasteiger partial charge >= 0.3 is 0 Å². The monoisotopic (exact) mass is 288 g/mol. The van der Waals surface area contributed by atoms with E-state index in [2.05, 4.69) is 5.43 Å². The molecule has 2 atom stereocenters. The van der Waals surface area contributed by atoms with Crippen molar-refractivity contribution in [2.75, 3.05) is 7.11 Å². The number of halogens is 2. The van der Waals surface area contributed by atoms with E-state index < -0.39 is 0 Å². The summed E-state index contributed by atoms with van der Waals surface area (Å²) in [6.07, 6.45) is 3.19. The van der Waals surface area contributed by atoms with Crippen LogP contribution in [0.4, 0.5) is 0 Å². The number of benzene rings is 1. The maximum absolute atomic E-state index is 6.18. The van der Waals surface area contributed by atoms with E-state index in [1.165, 1.54) is 12.8 Å². The van der Waals surface area contributed by atoms with E-state index in [9.17, 15) is 0 Å². The van der Waals surface area contributed by atoms with E-state index in [-0.39, 0.29) is 12.1 Å². The molecule has 1 aromatic carbocycles. The van der Waals surface area contributed by atoms with Gasteiger partial charge in [0.2, 0.25) is 0 Å². The zero-order chi connectivity index (χ0) is 13.1. The van der Waals surface area contributed by atoms with Crippen LogP contribution in [0, 0.1) is 5.92 Å². The summed E-state index contributed by atoms with van der Waals surface area (Å²) in [6.45, 7) is 0.